The third-order valence-electron chi connectivity index (χ3n) is 3.86. The molecular weight excluding hydrogens is 292 g/mol. The molecule has 0 amide bonds. The van der Waals surface area contributed by atoms with Crippen LogP contribution in [0.5, 0.6) is 0 Å². The standard InChI is InChI=1S/C20H18ClO/c1-14-6-8-15(9-7-14)18-4-3-5-19(20(18)22-2)16-10-12-17(21)13-11-16/h4-13H,3H2,1-2H3. The zero-order chi connectivity index (χ0) is 15.5. The van der Waals surface area contributed by atoms with Crippen LogP contribution in [-0.2, 0) is 4.74 Å². The number of rotatable bonds is 3. The number of benzene rings is 2. The Morgan fingerprint density at radius 2 is 1.55 bits per heavy atom. The first-order chi connectivity index (χ1) is 10.7. The van der Waals surface area contributed by atoms with Crippen LogP contribution in [0.25, 0.3) is 11.1 Å². The highest BCUT2D eigenvalue weighted by Gasteiger charge is 2.19. The quantitative estimate of drug-likeness (QED) is 0.707. The van der Waals surface area contributed by atoms with Gasteiger partial charge in [0.05, 0.1) is 7.11 Å². The lowest BCUT2D eigenvalue weighted by Gasteiger charge is -2.21. The minimum Gasteiger partial charge on any atom is -0.496 e. The van der Waals surface area contributed by atoms with Crippen molar-refractivity contribution in [1.82, 2.24) is 0 Å². The molecule has 2 aromatic carbocycles. The lowest BCUT2D eigenvalue weighted by Crippen LogP contribution is -2.03. The van der Waals surface area contributed by atoms with E-state index < -0.39 is 0 Å². The summed E-state index contributed by atoms with van der Waals surface area (Å²) in [7, 11) is 1.73. The Hall–Kier alpha value is -1.99. The fourth-order valence-electron chi connectivity index (χ4n) is 2.71. The molecule has 0 saturated carbocycles. The van der Waals surface area contributed by atoms with Gasteiger partial charge in [-0.25, -0.2) is 0 Å². The third-order valence-corrected chi connectivity index (χ3v) is 4.11. The van der Waals surface area contributed by atoms with Crippen LogP contribution in [0.15, 0.2) is 60.4 Å². The van der Waals surface area contributed by atoms with Crippen LogP contribution in [0.4, 0.5) is 0 Å². The molecule has 0 saturated heterocycles. The fraction of sp³-hybridized carbons (Fsp3) is 0.150. The number of hydrogen-bond acceptors (Lipinski definition) is 1. The first kappa shape index (κ1) is 14.9. The van der Waals surface area contributed by atoms with Gasteiger partial charge in [0.25, 0.3) is 0 Å². The molecule has 0 unspecified atom stereocenters. The van der Waals surface area contributed by atoms with E-state index in [0.717, 1.165) is 33.9 Å². The van der Waals surface area contributed by atoms with Gasteiger partial charge < -0.3 is 4.74 Å². The third kappa shape index (κ3) is 2.95. The van der Waals surface area contributed by atoms with E-state index in [-0.39, 0.29) is 0 Å². The molecule has 3 rings (SSSR count). The molecular formula is C20H18ClO. The number of halogens is 1. The van der Waals surface area contributed by atoms with E-state index >= 15 is 0 Å². The highest BCUT2D eigenvalue weighted by atomic mass is 35.5. The van der Waals surface area contributed by atoms with Crippen molar-refractivity contribution in [3.05, 3.63) is 88.5 Å². The molecule has 22 heavy (non-hydrogen) atoms. The van der Waals surface area contributed by atoms with Gasteiger partial charge in [0, 0.05) is 16.2 Å². The maximum Gasteiger partial charge on any atom is 0.130 e. The first-order valence-corrected chi connectivity index (χ1v) is 7.72. The van der Waals surface area contributed by atoms with Crippen LogP contribution in [0, 0.1) is 13.3 Å². The van der Waals surface area contributed by atoms with Gasteiger partial charge in [-0.3, -0.25) is 0 Å². The van der Waals surface area contributed by atoms with Gasteiger partial charge in [0.1, 0.15) is 5.76 Å². The molecule has 1 radical (unpaired) electrons. The molecule has 111 valence electrons. The molecule has 0 N–H and O–H groups in total. The minimum absolute atomic E-state index is 0.744. The zero-order valence-corrected chi connectivity index (χ0v) is 13.5. The lowest BCUT2D eigenvalue weighted by molar-refractivity contribution is 0.312. The van der Waals surface area contributed by atoms with Gasteiger partial charge >= 0.3 is 0 Å². The van der Waals surface area contributed by atoms with Gasteiger partial charge in [-0.15, -0.1) is 0 Å². The zero-order valence-electron chi connectivity index (χ0n) is 12.8. The first-order valence-electron chi connectivity index (χ1n) is 7.34. The van der Waals surface area contributed by atoms with Crippen molar-refractivity contribution in [3.63, 3.8) is 0 Å². The van der Waals surface area contributed by atoms with E-state index in [0.29, 0.717) is 0 Å². The summed E-state index contributed by atoms with van der Waals surface area (Å²) in [4.78, 5) is 0. The van der Waals surface area contributed by atoms with Crippen LogP contribution >= 0.6 is 11.6 Å². The average molecular weight is 310 g/mol. The molecule has 0 aliphatic heterocycles. The monoisotopic (exact) mass is 309 g/mol. The Bertz CT molecular complexity index is 721. The van der Waals surface area contributed by atoms with E-state index in [1.165, 1.54) is 11.1 Å². The van der Waals surface area contributed by atoms with Crippen LogP contribution < -0.4 is 0 Å². The summed E-state index contributed by atoms with van der Waals surface area (Å²) >= 11 is 5.99. The molecule has 0 fully saturated rings. The van der Waals surface area contributed by atoms with Crippen LogP contribution in [0.3, 0.4) is 0 Å². The molecule has 1 aliphatic carbocycles. The normalized spacial score (nSPS) is 14.8. The summed E-state index contributed by atoms with van der Waals surface area (Å²) in [5, 5.41) is 0.744. The maximum absolute atomic E-state index is 5.99. The Morgan fingerprint density at radius 3 is 2.18 bits per heavy atom. The Kier molecular flexibility index (Phi) is 4.35. The van der Waals surface area contributed by atoms with Gasteiger partial charge in [-0.1, -0.05) is 59.6 Å². The minimum atomic E-state index is 0.744. The Balaban J connectivity index is 2.06. The van der Waals surface area contributed by atoms with Crippen molar-refractivity contribution < 1.29 is 4.74 Å². The Morgan fingerprint density at radius 1 is 0.909 bits per heavy atom. The summed E-state index contributed by atoms with van der Waals surface area (Å²) in [5.74, 6) is 0.914. The number of ether oxygens (including phenoxy) is 1. The van der Waals surface area contributed by atoms with Crippen molar-refractivity contribution in [2.45, 2.75) is 13.3 Å². The summed E-state index contributed by atoms with van der Waals surface area (Å²) in [6.45, 7) is 2.10. The van der Waals surface area contributed by atoms with Crippen molar-refractivity contribution in [2.75, 3.05) is 7.11 Å². The number of hydrogen-bond donors (Lipinski definition) is 0. The largest absolute Gasteiger partial charge is 0.496 e. The van der Waals surface area contributed by atoms with Gasteiger partial charge in [0.15, 0.2) is 0 Å². The molecule has 0 atom stereocenters. The van der Waals surface area contributed by atoms with Gasteiger partial charge in [-0.2, -0.15) is 0 Å². The van der Waals surface area contributed by atoms with E-state index in [1.807, 2.05) is 24.3 Å². The molecule has 2 aromatic rings. The van der Waals surface area contributed by atoms with E-state index in [1.54, 1.807) is 7.11 Å². The molecule has 0 aromatic heterocycles. The predicted molar refractivity (Wildman–Crippen MR) is 93.5 cm³/mol. The summed E-state index contributed by atoms with van der Waals surface area (Å²) in [6.07, 6.45) is 5.30. The van der Waals surface area contributed by atoms with Crippen LogP contribution in [-0.4, -0.2) is 7.11 Å². The summed E-state index contributed by atoms with van der Waals surface area (Å²) in [6, 6.07) is 16.4. The molecule has 0 bridgehead atoms. The predicted octanol–water partition coefficient (Wildman–Crippen LogP) is 5.70. The highest BCUT2D eigenvalue weighted by molar-refractivity contribution is 6.30. The van der Waals surface area contributed by atoms with Crippen LogP contribution in [0.1, 0.15) is 23.1 Å². The molecule has 0 spiro atoms. The highest BCUT2D eigenvalue weighted by Crippen LogP contribution is 2.37. The van der Waals surface area contributed by atoms with Gasteiger partial charge in [-0.05, 0) is 43.0 Å². The van der Waals surface area contributed by atoms with Crippen LogP contribution in [0.2, 0.25) is 5.02 Å². The van der Waals surface area contributed by atoms with E-state index in [4.69, 9.17) is 16.3 Å². The Labute approximate surface area is 136 Å². The van der Waals surface area contributed by atoms with Crippen molar-refractivity contribution in [3.8, 4) is 0 Å². The smallest absolute Gasteiger partial charge is 0.130 e. The topological polar surface area (TPSA) is 9.23 Å². The maximum atomic E-state index is 5.99. The van der Waals surface area contributed by atoms with Crippen molar-refractivity contribution >= 4 is 22.7 Å². The lowest BCUT2D eigenvalue weighted by atomic mass is 9.88. The van der Waals surface area contributed by atoms with Crippen molar-refractivity contribution in [2.24, 2.45) is 0 Å². The second-order valence-electron chi connectivity index (χ2n) is 5.38. The number of methoxy groups -OCH3 is 1. The van der Waals surface area contributed by atoms with E-state index in [9.17, 15) is 0 Å². The van der Waals surface area contributed by atoms with Gasteiger partial charge in [0.2, 0.25) is 0 Å². The second kappa shape index (κ2) is 6.41. The summed E-state index contributed by atoms with van der Waals surface area (Å²) < 4.78 is 5.73. The molecule has 2 heteroatoms. The molecule has 1 nitrogen and oxygen atoms in total. The number of aryl methyl sites for hydroxylation is 1. The molecule has 1 aliphatic rings. The fourth-order valence-corrected chi connectivity index (χ4v) is 2.83. The van der Waals surface area contributed by atoms with Crippen molar-refractivity contribution in [1.29, 1.82) is 0 Å². The SMILES string of the molecule is COC1=C(c2ccc(Cl)cc2)[CH]CC=C1c1ccc(C)cc1. The average Bonchev–Trinajstić information content (AvgIpc) is 2.55. The second-order valence-corrected chi connectivity index (χ2v) is 5.81. The molecule has 0 heterocycles. The van der Waals surface area contributed by atoms with E-state index in [2.05, 4.69) is 43.7 Å². The summed E-state index contributed by atoms with van der Waals surface area (Å²) in [5.41, 5.74) is 5.83. The number of allylic oxidation sites excluding steroid dienone is 3.